The Labute approximate surface area is 119 Å². The highest BCUT2D eigenvalue weighted by molar-refractivity contribution is 5.91. The van der Waals surface area contributed by atoms with Gasteiger partial charge in [0.1, 0.15) is 0 Å². The lowest BCUT2D eigenvalue weighted by molar-refractivity contribution is -0.116. The van der Waals surface area contributed by atoms with Crippen molar-refractivity contribution in [2.24, 2.45) is 0 Å². The van der Waals surface area contributed by atoms with Crippen LogP contribution in [0.25, 0.3) is 0 Å². The van der Waals surface area contributed by atoms with Gasteiger partial charge < -0.3 is 11.1 Å². The van der Waals surface area contributed by atoms with Crippen molar-refractivity contribution in [2.45, 2.75) is 26.7 Å². The maximum atomic E-state index is 12.0. The summed E-state index contributed by atoms with van der Waals surface area (Å²) in [5, 5.41) is 2.97. The zero-order valence-electron chi connectivity index (χ0n) is 11.9. The van der Waals surface area contributed by atoms with Crippen LogP contribution in [0.15, 0.2) is 42.5 Å². The van der Waals surface area contributed by atoms with Crippen LogP contribution < -0.4 is 11.1 Å². The van der Waals surface area contributed by atoms with Gasteiger partial charge >= 0.3 is 0 Å². The molecule has 0 aliphatic heterocycles. The zero-order valence-corrected chi connectivity index (χ0v) is 11.9. The Balaban J connectivity index is 1.92. The number of amides is 1. The number of aryl methyl sites for hydroxylation is 3. The Morgan fingerprint density at radius 3 is 2.50 bits per heavy atom. The summed E-state index contributed by atoms with van der Waals surface area (Å²) in [6, 6.07) is 13.7. The highest BCUT2D eigenvalue weighted by atomic mass is 16.1. The van der Waals surface area contributed by atoms with Crippen LogP contribution >= 0.6 is 0 Å². The summed E-state index contributed by atoms with van der Waals surface area (Å²) in [7, 11) is 0. The van der Waals surface area contributed by atoms with Gasteiger partial charge in [0.15, 0.2) is 0 Å². The maximum absolute atomic E-state index is 12.0. The largest absolute Gasteiger partial charge is 0.399 e. The van der Waals surface area contributed by atoms with Gasteiger partial charge in [-0.3, -0.25) is 4.79 Å². The number of nitrogens with two attached hydrogens (primary N) is 1. The fourth-order valence-corrected chi connectivity index (χ4v) is 2.03. The molecule has 0 aliphatic carbocycles. The average molecular weight is 268 g/mol. The molecule has 0 aliphatic rings. The summed E-state index contributed by atoms with van der Waals surface area (Å²) in [6.07, 6.45) is 1.19. The van der Waals surface area contributed by atoms with Crippen LogP contribution in [0.4, 0.5) is 11.4 Å². The highest BCUT2D eigenvalue weighted by Crippen LogP contribution is 2.17. The molecule has 2 aromatic rings. The van der Waals surface area contributed by atoms with E-state index >= 15 is 0 Å². The molecule has 3 heteroatoms. The number of nitrogen functional groups attached to an aromatic ring is 1. The molecule has 0 radical (unpaired) electrons. The minimum absolute atomic E-state index is 0.0375. The van der Waals surface area contributed by atoms with E-state index in [1.807, 2.05) is 56.3 Å². The molecule has 0 spiro atoms. The molecule has 0 saturated heterocycles. The van der Waals surface area contributed by atoms with Crippen LogP contribution in [0.3, 0.4) is 0 Å². The molecule has 0 bridgehead atoms. The number of carbonyl (C=O) groups excluding carboxylic acids is 1. The summed E-state index contributed by atoms with van der Waals surface area (Å²) in [5.41, 5.74) is 10.6. The van der Waals surface area contributed by atoms with Gasteiger partial charge in [0, 0.05) is 17.8 Å². The van der Waals surface area contributed by atoms with Crippen LogP contribution in [-0.4, -0.2) is 5.91 Å². The van der Waals surface area contributed by atoms with E-state index < -0.39 is 0 Å². The summed E-state index contributed by atoms with van der Waals surface area (Å²) in [4.78, 5) is 12.0. The van der Waals surface area contributed by atoms with Gasteiger partial charge in [-0.2, -0.15) is 0 Å². The first-order valence-electron chi connectivity index (χ1n) is 6.76. The fraction of sp³-hybridized carbons (Fsp3) is 0.235. The molecular weight excluding hydrogens is 248 g/mol. The Bertz CT molecular complexity index is 603. The van der Waals surface area contributed by atoms with Gasteiger partial charge in [-0.1, -0.05) is 24.3 Å². The molecule has 0 unspecified atom stereocenters. The summed E-state index contributed by atoms with van der Waals surface area (Å²) in [5.74, 6) is 0.0375. The molecule has 0 atom stereocenters. The molecule has 0 fully saturated rings. The van der Waals surface area contributed by atoms with E-state index in [2.05, 4.69) is 5.32 Å². The van der Waals surface area contributed by atoms with E-state index in [1.165, 1.54) is 0 Å². The van der Waals surface area contributed by atoms with E-state index in [-0.39, 0.29) is 5.91 Å². The molecule has 2 aromatic carbocycles. The van der Waals surface area contributed by atoms with E-state index in [0.29, 0.717) is 6.42 Å². The van der Waals surface area contributed by atoms with Crippen LogP contribution in [0.1, 0.15) is 23.1 Å². The molecule has 104 valence electrons. The number of hydrogen-bond donors (Lipinski definition) is 2. The molecule has 20 heavy (non-hydrogen) atoms. The third-order valence-electron chi connectivity index (χ3n) is 3.29. The van der Waals surface area contributed by atoms with Crippen molar-refractivity contribution in [1.29, 1.82) is 0 Å². The quantitative estimate of drug-likeness (QED) is 0.834. The number of benzene rings is 2. The Morgan fingerprint density at radius 2 is 1.80 bits per heavy atom. The first-order valence-corrected chi connectivity index (χ1v) is 6.76. The van der Waals surface area contributed by atoms with Crippen molar-refractivity contribution in [3.05, 3.63) is 59.2 Å². The van der Waals surface area contributed by atoms with E-state index in [9.17, 15) is 4.79 Å². The number of nitrogens with one attached hydrogen (secondary N) is 1. The molecule has 0 aromatic heterocycles. The first-order chi connectivity index (χ1) is 9.54. The Morgan fingerprint density at radius 1 is 1.10 bits per heavy atom. The summed E-state index contributed by atoms with van der Waals surface area (Å²) in [6.45, 7) is 4.01. The van der Waals surface area contributed by atoms with Crippen LogP contribution in [-0.2, 0) is 11.2 Å². The number of rotatable bonds is 4. The third-order valence-corrected chi connectivity index (χ3v) is 3.29. The maximum Gasteiger partial charge on any atom is 0.224 e. The molecule has 1 amide bonds. The van der Waals surface area contributed by atoms with Crippen LogP contribution in [0, 0.1) is 13.8 Å². The molecular formula is C17H20N2O. The van der Waals surface area contributed by atoms with Gasteiger partial charge in [-0.25, -0.2) is 0 Å². The van der Waals surface area contributed by atoms with Crippen LogP contribution in [0.5, 0.6) is 0 Å². The van der Waals surface area contributed by atoms with Crippen molar-refractivity contribution < 1.29 is 4.79 Å². The minimum atomic E-state index is 0.0375. The Hall–Kier alpha value is -2.29. The smallest absolute Gasteiger partial charge is 0.224 e. The number of hydrogen-bond acceptors (Lipinski definition) is 2. The predicted octanol–water partition coefficient (Wildman–Crippen LogP) is 3.46. The monoisotopic (exact) mass is 268 g/mol. The van der Waals surface area contributed by atoms with Gasteiger partial charge in [0.2, 0.25) is 5.91 Å². The summed E-state index contributed by atoms with van der Waals surface area (Å²) < 4.78 is 0. The first kappa shape index (κ1) is 14.1. The fourth-order valence-electron chi connectivity index (χ4n) is 2.03. The topological polar surface area (TPSA) is 55.1 Å². The number of carbonyl (C=O) groups is 1. The highest BCUT2D eigenvalue weighted by Gasteiger charge is 2.05. The SMILES string of the molecule is Cc1ccc(C)c(NC(=O)CCc2ccc(N)cc2)c1. The Kier molecular flexibility index (Phi) is 4.41. The normalized spacial score (nSPS) is 10.3. The lowest BCUT2D eigenvalue weighted by Gasteiger charge is -2.09. The second kappa shape index (κ2) is 6.24. The predicted molar refractivity (Wildman–Crippen MR) is 83.7 cm³/mol. The second-order valence-electron chi connectivity index (χ2n) is 5.11. The van der Waals surface area contributed by atoms with Crippen molar-refractivity contribution in [3.8, 4) is 0 Å². The van der Waals surface area contributed by atoms with Gasteiger partial charge in [-0.15, -0.1) is 0 Å². The molecule has 3 N–H and O–H groups in total. The van der Waals surface area contributed by atoms with E-state index in [1.54, 1.807) is 0 Å². The van der Waals surface area contributed by atoms with Crippen LogP contribution in [0.2, 0.25) is 0 Å². The van der Waals surface area contributed by atoms with Gasteiger partial charge in [0.25, 0.3) is 0 Å². The third kappa shape index (κ3) is 3.85. The average Bonchev–Trinajstić information content (AvgIpc) is 2.42. The standard InChI is InChI=1S/C17H20N2O/c1-12-3-4-13(2)16(11-12)19-17(20)10-7-14-5-8-15(18)9-6-14/h3-6,8-9,11H,7,10,18H2,1-2H3,(H,19,20). The van der Waals surface area contributed by atoms with Crippen molar-refractivity contribution in [1.82, 2.24) is 0 Å². The molecule has 0 heterocycles. The van der Waals surface area contributed by atoms with Crippen molar-refractivity contribution >= 4 is 17.3 Å². The lowest BCUT2D eigenvalue weighted by Crippen LogP contribution is -2.13. The minimum Gasteiger partial charge on any atom is -0.399 e. The van der Waals surface area contributed by atoms with Crippen molar-refractivity contribution in [3.63, 3.8) is 0 Å². The second-order valence-corrected chi connectivity index (χ2v) is 5.11. The lowest BCUT2D eigenvalue weighted by atomic mass is 10.1. The number of anilines is 2. The molecule has 3 nitrogen and oxygen atoms in total. The van der Waals surface area contributed by atoms with Gasteiger partial charge in [0.05, 0.1) is 0 Å². The summed E-state index contributed by atoms with van der Waals surface area (Å²) >= 11 is 0. The van der Waals surface area contributed by atoms with E-state index in [0.717, 1.165) is 34.5 Å². The zero-order chi connectivity index (χ0) is 14.5. The van der Waals surface area contributed by atoms with Gasteiger partial charge in [-0.05, 0) is 55.2 Å². The van der Waals surface area contributed by atoms with Crippen molar-refractivity contribution in [2.75, 3.05) is 11.1 Å². The van der Waals surface area contributed by atoms with E-state index in [4.69, 9.17) is 5.73 Å². The molecule has 0 saturated carbocycles. The molecule has 2 rings (SSSR count).